The molecule has 0 spiro atoms. The highest BCUT2D eigenvalue weighted by Crippen LogP contribution is 2.36. The first-order valence-corrected chi connectivity index (χ1v) is 7.00. The van der Waals surface area contributed by atoms with Crippen LogP contribution in [0.25, 0.3) is 0 Å². The van der Waals surface area contributed by atoms with Gasteiger partial charge in [0.2, 0.25) is 11.8 Å². The summed E-state index contributed by atoms with van der Waals surface area (Å²) in [7, 11) is 1.53. The van der Waals surface area contributed by atoms with Crippen LogP contribution in [-0.2, 0) is 16.1 Å². The molecule has 0 aliphatic heterocycles. The molecule has 0 bridgehead atoms. The predicted molar refractivity (Wildman–Crippen MR) is 75.6 cm³/mol. The number of rotatable bonds is 5. The Labute approximate surface area is 123 Å². The number of carbonyl (C=O) groups excluding carboxylic acids is 1. The predicted octanol–water partition coefficient (Wildman–Crippen LogP) is 1.45. The topological polar surface area (TPSA) is 88.5 Å². The molecule has 0 radical (unpaired) electrons. The summed E-state index contributed by atoms with van der Waals surface area (Å²) in [6, 6.07) is 3.53. The van der Waals surface area contributed by atoms with Crippen molar-refractivity contribution < 1.29 is 19.4 Å². The second-order valence-electron chi connectivity index (χ2n) is 5.55. The molecule has 1 heterocycles. The van der Waals surface area contributed by atoms with Gasteiger partial charge in [-0.3, -0.25) is 9.59 Å². The molecule has 6 heteroatoms. The van der Waals surface area contributed by atoms with Crippen molar-refractivity contribution in [2.75, 3.05) is 7.11 Å². The van der Waals surface area contributed by atoms with Gasteiger partial charge in [-0.1, -0.05) is 6.92 Å². The summed E-state index contributed by atoms with van der Waals surface area (Å²) in [5.74, 6) is -1.34. The Kier molecular flexibility index (Phi) is 4.77. The quantitative estimate of drug-likeness (QED) is 0.857. The Morgan fingerprint density at radius 1 is 1.43 bits per heavy atom. The number of amides is 1. The Bertz CT molecular complexity index is 532. The summed E-state index contributed by atoms with van der Waals surface area (Å²) in [5.41, 5.74) is 0.869. The largest absolute Gasteiger partial charge is 0.481 e. The normalized spacial score (nSPS) is 24.6. The lowest BCUT2D eigenvalue weighted by molar-refractivity contribution is -0.146. The van der Waals surface area contributed by atoms with E-state index in [4.69, 9.17) is 4.74 Å². The van der Waals surface area contributed by atoms with Gasteiger partial charge in [-0.15, -0.1) is 0 Å². The number of hydrogen-bond acceptors (Lipinski definition) is 4. The molecule has 6 nitrogen and oxygen atoms in total. The fourth-order valence-electron chi connectivity index (χ4n) is 2.85. The van der Waals surface area contributed by atoms with E-state index in [-0.39, 0.29) is 11.8 Å². The maximum atomic E-state index is 12.2. The van der Waals surface area contributed by atoms with Crippen LogP contribution in [0, 0.1) is 17.8 Å². The third-order valence-corrected chi connectivity index (χ3v) is 3.93. The van der Waals surface area contributed by atoms with Crippen LogP contribution in [0.3, 0.4) is 0 Å². The highest BCUT2D eigenvalue weighted by atomic mass is 16.5. The first-order chi connectivity index (χ1) is 10.0. The average Bonchev–Trinajstić information content (AvgIpc) is 2.87. The molecule has 1 aromatic rings. The van der Waals surface area contributed by atoms with Crippen molar-refractivity contribution in [1.29, 1.82) is 0 Å². The van der Waals surface area contributed by atoms with Gasteiger partial charge in [0, 0.05) is 18.8 Å². The van der Waals surface area contributed by atoms with Gasteiger partial charge in [0.05, 0.1) is 18.9 Å². The molecule has 1 amide bonds. The Morgan fingerprint density at radius 3 is 2.81 bits per heavy atom. The van der Waals surface area contributed by atoms with Crippen molar-refractivity contribution in [2.24, 2.45) is 17.8 Å². The number of aromatic nitrogens is 1. The van der Waals surface area contributed by atoms with Gasteiger partial charge in [0.15, 0.2) is 0 Å². The summed E-state index contributed by atoms with van der Waals surface area (Å²) in [5, 5.41) is 12.0. The lowest BCUT2D eigenvalue weighted by atomic mass is 9.95. The zero-order valence-corrected chi connectivity index (χ0v) is 12.2. The molecule has 3 unspecified atom stereocenters. The zero-order chi connectivity index (χ0) is 15.4. The van der Waals surface area contributed by atoms with Crippen LogP contribution in [0.15, 0.2) is 18.3 Å². The first kappa shape index (κ1) is 15.3. The van der Waals surface area contributed by atoms with Crippen LogP contribution >= 0.6 is 0 Å². The second kappa shape index (κ2) is 6.56. The number of methoxy groups -OCH3 is 1. The second-order valence-corrected chi connectivity index (χ2v) is 5.55. The van der Waals surface area contributed by atoms with Gasteiger partial charge < -0.3 is 15.2 Å². The van der Waals surface area contributed by atoms with E-state index in [9.17, 15) is 14.7 Å². The molecule has 1 aliphatic carbocycles. The molecule has 1 aromatic heterocycles. The van der Waals surface area contributed by atoms with E-state index in [0.717, 1.165) is 5.56 Å². The number of aliphatic carboxylic acids is 1. The summed E-state index contributed by atoms with van der Waals surface area (Å²) in [6.45, 7) is 2.33. The Balaban J connectivity index is 1.96. The lowest BCUT2D eigenvalue weighted by Gasteiger charge is -2.15. The van der Waals surface area contributed by atoms with Crippen LogP contribution in [0.5, 0.6) is 5.88 Å². The van der Waals surface area contributed by atoms with Crippen molar-refractivity contribution >= 4 is 11.9 Å². The highest BCUT2D eigenvalue weighted by Gasteiger charge is 2.40. The summed E-state index contributed by atoms with van der Waals surface area (Å²) in [6.07, 6.45) is 2.80. The lowest BCUT2D eigenvalue weighted by Crippen LogP contribution is -2.34. The van der Waals surface area contributed by atoms with Crippen molar-refractivity contribution in [3.05, 3.63) is 23.9 Å². The minimum Gasteiger partial charge on any atom is -0.481 e. The molecular weight excluding hydrogens is 272 g/mol. The van der Waals surface area contributed by atoms with Crippen molar-refractivity contribution in [3.8, 4) is 5.88 Å². The number of nitrogens with one attached hydrogen (secondary N) is 1. The van der Waals surface area contributed by atoms with Crippen LogP contribution in [0.2, 0.25) is 0 Å². The first-order valence-electron chi connectivity index (χ1n) is 7.00. The van der Waals surface area contributed by atoms with Crippen LogP contribution < -0.4 is 10.1 Å². The van der Waals surface area contributed by atoms with Crippen LogP contribution in [-0.4, -0.2) is 29.1 Å². The molecular formula is C15H20N2O4. The van der Waals surface area contributed by atoms with E-state index in [0.29, 0.717) is 25.3 Å². The van der Waals surface area contributed by atoms with Gasteiger partial charge in [-0.05, 0) is 30.4 Å². The Hall–Kier alpha value is -2.11. The standard InChI is InChI=1S/C15H20N2O4/c1-9-5-11(12(6-9)15(19)20)14(18)17-8-10-3-4-16-13(7-10)21-2/h3-4,7,9,11-12H,5-6,8H2,1-2H3,(H,17,18)(H,19,20). The third-order valence-electron chi connectivity index (χ3n) is 3.93. The van der Waals surface area contributed by atoms with Gasteiger partial charge >= 0.3 is 5.97 Å². The minimum absolute atomic E-state index is 0.192. The van der Waals surface area contributed by atoms with E-state index in [2.05, 4.69) is 10.3 Å². The molecule has 1 aliphatic rings. The average molecular weight is 292 g/mol. The zero-order valence-electron chi connectivity index (χ0n) is 12.2. The summed E-state index contributed by atoms with van der Waals surface area (Å²) in [4.78, 5) is 27.4. The summed E-state index contributed by atoms with van der Waals surface area (Å²) >= 11 is 0. The molecule has 0 aromatic carbocycles. The Morgan fingerprint density at radius 2 is 2.14 bits per heavy atom. The van der Waals surface area contributed by atoms with Crippen molar-refractivity contribution in [1.82, 2.24) is 10.3 Å². The number of carboxylic acids is 1. The molecule has 2 rings (SSSR count). The number of hydrogen-bond donors (Lipinski definition) is 2. The number of carboxylic acid groups (broad SMARTS) is 1. The molecule has 1 fully saturated rings. The monoisotopic (exact) mass is 292 g/mol. The molecule has 2 N–H and O–H groups in total. The number of carbonyl (C=O) groups is 2. The van der Waals surface area contributed by atoms with E-state index in [1.807, 2.05) is 6.92 Å². The van der Waals surface area contributed by atoms with Gasteiger partial charge in [0.25, 0.3) is 0 Å². The smallest absolute Gasteiger partial charge is 0.307 e. The fraction of sp³-hybridized carbons (Fsp3) is 0.533. The van der Waals surface area contributed by atoms with E-state index in [1.165, 1.54) is 7.11 Å². The third kappa shape index (κ3) is 3.71. The molecule has 114 valence electrons. The van der Waals surface area contributed by atoms with E-state index in [1.54, 1.807) is 18.3 Å². The van der Waals surface area contributed by atoms with Crippen molar-refractivity contribution in [2.45, 2.75) is 26.3 Å². The van der Waals surface area contributed by atoms with Crippen LogP contribution in [0.4, 0.5) is 0 Å². The van der Waals surface area contributed by atoms with E-state index < -0.39 is 17.8 Å². The fourth-order valence-corrected chi connectivity index (χ4v) is 2.85. The molecule has 3 atom stereocenters. The maximum absolute atomic E-state index is 12.2. The van der Waals surface area contributed by atoms with Gasteiger partial charge in [-0.25, -0.2) is 4.98 Å². The van der Waals surface area contributed by atoms with Gasteiger partial charge in [-0.2, -0.15) is 0 Å². The number of nitrogens with zero attached hydrogens (tertiary/aromatic N) is 1. The number of ether oxygens (including phenoxy) is 1. The van der Waals surface area contributed by atoms with Crippen LogP contribution in [0.1, 0.15) is 25.3 Å². The molecule has 0 saturated heterocycles. The van der Waals surface area contributed by atoms with Crippen molar-refractivity contribution in [3.63, 3.8) is 0 Å². The summed E-state index contributed by atoms with van der Waals surface area (Å²) < 4.78 is 5.02. The minimum atomic E-state index is -0.884. The SMILES string of the molecule is COc1cc(CNC(=O)C2CC(C)CC2C(=O)O)ccn1. The molecule has 1 saturated carbocycles. The van der Waals surface area contributed by atoms with E-state index >= 15 is 0 Å². The van der Waals surface area contributed by atoms with Gasteiger partial charge in [0.1, 0.15) is 0 Å². The highest BCUT2D eigenvalue weighted by molar-refractivity contribution is 5.85. The number of pyridine rings is 1. The maximum Gasteiger partial charge on any atom is 0.307 e. The molecule has 21 heavy (non-hydrogen) atoms.